The number of hydrogen-bond donors (Lipinski definition) is 1. The maximum absolute atomic E-state index is 10.7. The molecule has 0 radical (unpaired) electrons. The molecule has 1 fully saturated rings. The van der Waals surface area contributed by atoms with Gasteiger partial charge in [0, 0.05) is 12.6 Å². The third kappa shape index (κ3) is 3.68. The summed E-state index contributed by atoms with van der Waals surface area (Å²) in [7, 11) is 0. The highest BCUT2D eigenvalue weighted by atomic mass is 16.6. The molecule has 0 saturated heterocycles. The molecular formula is C15H23N3O2. The zero-order valence-electron chi connectivity index (χ0n) is 12.3. The summed E-state index contributed by atoms with van der Waals surface area (Å²) in [6.07, 6.45) is 7.83. The molecule has 0 bridgehead atoms. The topological polar surface area (TPSA) is 68.1 Å². The quantitative estimate of drug-likeness (QED) is 0.654. The van der Waals surface area contributed by atoms with E-state index in [4.69, 9.17) is 0 Å². The van der Waals surface area contributed by atoms with E-state index in [1.165, 1.54) is 38.3 Å². The Hall–Kier alpha value is -1.65. The first-order valence-electron chi connectivity index (χ1n) is 7.45. The lowest BCUT2D eigenvalue weighted by Gasteiger charge is -2.28. The van der Waals surface area contributed by atoms with Crippen LogP contribution in [0.3, 0.4) is 0 Å². The SMILES string of the molecule is CCC1CCC(CNc2ncc([N+](=O)[O-])cc2C)CC1. The Kier molecular flexibility index (Phi) is 4.93. The van der Waals surface area contributed by atoms with Crippen LogP contribution in [0.1, 0.15) is 44.6 Å². The summed E-state index contributed by atoms with van der Waals surface area (Å²) in [6, 6.07) is 1.57. The van der Waals surface area contributed by atoms with Crippen LogP contribution in [0.2, 0.25) is 0 Å². The van der Waals surface area contributed by atoms with Gasteiger partial charge in [-0.05, 0) is 37.2 Å². The van der Waals surface area contributed by atoms with Gasteiger partial charge in [-0.3, -0.25) is 10.1 Å². The molecule has 5 nitrogen and oxygen atoms in total. The van der Waals surface area contributed by atoms with E-state index >= 15 is 0 Å². The number of nitrogens with zero attached hydrogens (tertiary/aromatic N) is 2. The summed E-state index contributed by atoms with van der Waals surface area (Å²) in [6.45, 7) is 5.05. The summed E-state index contributed by atoms with van der Waals surface area (Å²) < 4.78 is 0. The first-order valence-corrected chi connectivity index (χ1v) is 7.45. The largest absolute Gasteiger partial charge is 0.370 e. The summed E-state index contributed by atoms with van der Waals surface area (Å²) in [4.78, 5) is 14.4. The van der Waals surface area contributed by atoms with E-state index < -0.39 is 4.92 Å². The molecule has 0 atom stereocenters. The van der Waals surface area contributed by atoms with Gasteiger partial charge in [0.25, 0.3) is 5.69 Å². The van der Waals surface area contributed by atoms with Crippen molar-refractivity contribution in [1.29, 1.82) is 0 Å². The molecule has 0 aromatic carbocycles. The standard InChI is InChI=1S/C15H23N3O2/c1-3-12-4-6-13(7-5-12)9-16-15-11(2)8-14(10-17-15)18(19)20/h8,10,12-13H,3-7,9H2,1-2H3,(H,16,17). The number of rotatable bonds is 5. The molecule has 0 aliphatic heterocycles. The molecule has 1 aliphatic carbocycles. The molecule has 1 aromatic heterocycles. The lowest BCUT2D eigenvalue weighted by atomic mass is 9.81. The van der Waals surface area contributed by atoms with Crippen LogP contribution < -0.4 is 5.32 Å². The number of pyridine rings is 1. The minimum Gasteiger partial charge on any atom is -0.370 e. The van der Waals surface area contributed by atoms with E-state index in [-0.39, 0.29) is 5.69 Å². The first-order chi connectivity index (χ1) is 9.60. The molecule has 110 valence electrons. The second-order valence-corrected chi connectivity index (χ2v) is 5.79. The lowest BCUT2D eigenvalue weighted by molar-refractivity contribution is -0.385. The van der Waals surface area contributed by atoms with Crippen molar-refractivity contribution in [2.75, 3.05) is 11.9 Å². The average molecular weight is 277 g/mol. The highest BCUT2D eigenvalue weighted by molar-refractivity contribution is 5.48. The molecule has 0 unspecified atom stereocenters. The maximum Gasteiger partial charge on any atom is 0.287 e. The number of aromatic nitrogens is 1. The summed E-state index contributed by atoms with van der Waals surface area (Å²) in [5.41, 5.74) is 0.887. The second kappa shape index (κ2) is 6.68. The third-order valence-corrected chi connectivity index (χ3v) is 4.38. The minimum atomic E-state index is -0.407. The van der Waals surface area contributed by atoms with Gasteiger partial charge in [-0.1, -0.05) is 26.2 Å². The van der Waals surface area contributed by atoms with Crippen molar-refractivity contribution in [3.63, 3.8) is 0 Å². The Bertz CT molecular complexity index is 468. The molecule has 0 spiro atoms. The zero-order chi connectivity index (χ0) is 14.5. The maximum atomic E-state index is 10.7. The molecule has 0 amide bonds. The van der Waals surface area contributed by atoms with Crippen molar-refractivity contribution in [3.05, 3.63) is 27.9 Å². The minimum absolute atomic E-state index is 0.0523. The van der Waals surface area contributed by atoms with Crippen molar-refractivity contribution in [2.45, 2.75) is 46.0 Å². The van der Waals surface area contributed by atoms with E-state index in [0.717, 1.165) is 23.8 Å². The van der Waals surface area contributed by atoms with Crippen molar-refractivity contribution >= 4 is 11.5 Å². The molecule has 5 heteroatoms. The van der Waals surface area contributed by atoms with Gasteiger partial charge in [-0.25, -0.2) is 4.98 Å². The number of anilines is 1. The van der Waals surface area contributed by atoms with Crippen LogP contribution in [0.25, 0.3) is 0 Å². The fourth-order valence-electron chi connectivity index (χ4n) is 2.93. The number of nitro groups is 1. The van der Waals surface area contributed by atoms with Crippen molar-refractivity contribution in [1.82, 2.24) is 4.98 Å². The van der Waals surface area contributed by atoms with E-state index in [0.29, 0.717) is 5.92 Å². The fraction of sp³-hybridized carbons (Fsp3) is 0.667. The summed E-state index contributed by atoms with van der Waals surface area (Å²) >= 11 is 0. The van der Waals surface area contributed by atoms with Crippen LogP contribution in [-0.2, 0) is 0 Å². The average Bonchev–Trinajstić information content (AvgIpc) is 2.46. The van der Waals surface area contributed by atoms with Gasteiger partial charge in [-0.2, -0.15) is 0 Å². The molecule has 1 heterocycles. The molecule has 1 aromatic rings. The molecule has 2 rings (SSSR count). The second-order valence-electron chi connectivity index (χ2n) is 5.79. The van der Waals surface area contributed by atoms with Crippen LogP contribution in [0.4, 0.5) is 11.5 Å². The Morgan fingerprint density at radius 3 is 2.55 bits per heavy atom. The highest BCUT2D eigenvalue weighted by Gasteiger charge is 2.20. The Morgan fingerprint density at radius 1 is 1.35 bits per heavy atom. The highest BCUT2D eigenvalue weighted by Crippen LogP contribution is 2.30. The van der Waals surface area contributed by atoms with Crippen LogP contribution in [0, 0.1) is 28.9 Å². The molecular weight excluding hydrogens is 254 g/mol. The van der Waals surface area contributed by atoms with E-state index in [1.54, 1.807) is 6.07 Å². The zero-order valence-corrected chi connectivity index (χ0v) is 12.3. The van der Waals surface area contributed by atoms with E-state index in [9.17, 15) is 10.1 Å². The monoisotopic (exact) mass is 277 g/mol. The van der Waals surface area contributed by atoms with E-state index in [1.807, 2.05) is 6.92 Å². The normalized spacial score (nSPS) is 22.5. The number of nitrogens with one attached hydrogen (secondary N) is 1. The lowest BCUT2D eigenvalue weighted by Crippen LogP contribution is -2.21. The smallest absolute Gasteiger partial charge is 0.287 e. The van der Waals surface area contributed by atoms with Gasteiger partial charge in [0.05, 0.1) is 4.92 Å². The summed E-state index contributed by atoms with van der Waals surface area (Å²) in [5, 5.41) is 14.0. The number of hydrogen-bond acceptors (Lipinski definition) is 4. The Balaban J connectivity index is 1.87. The van der Waals surface area contributed by atoms with Crippen molar-refractivity contribution in [3.8, 4) is 0 Å². The van der Waals surface area contributed by atoms with Gasteiger partial charge in [-0.15, -0.1) is 0 Å². The first kappa shape index (κ1) is 14.8. The molecule has 1 N–H and O–H groups in total. The van der Waals surface area contributed by atoms with Gasteiger partial charge < -0.3 is 5.32 Å². The van der Waals surface area contributed by atoms with Gasteiger partial charge >= 0.3 is 0 Å². The predicted molar refractivity (Wildman–Crippen MR) is 79.9 cm³/mol. The van der Waals surface area contributed by atoms with Crippen LogP contribution in [-0.4, -0.2) is 16.5 Å². The number of aryl methyl sites for hydroxylation is 1. The molecule has 1 aliphatic rings. The fourth-order valence-corrected chi connectivity index (χ4v) is 2.93. The third-order valence-electron chi connectivity index (χ3n) is 4.38. The molecule has 1 saturated carbocycles. The Labute approximate surface area is 119 Å². The Morgan fingerprint density at radius 2 is 2.00 bits per heavy atom. The van der Waals surface area contributed by atoms with Gasteiger partial charge in [0.2, 0.25) is 0 Å². The summed E-state index contributed by atoms with van der Waals surface area (Å²) in [5.74, 6) is 2.38. The van der Waals surface area contributed by atoms with Gasteiger partial charge in [0.15, 0.2) is 0 Å². The molecule has 20 heavy (non-hydrogen) atoms. The van der Waals surface area contributed by atoms with Crippen molar-refractivity contribution < 1.29 is 4.92 Å². The van der Waals surface area contributed by atoms with Gasteiger partial charge in [0.1, 0.15) is 12.0 Å². The van der Waals surface area contributed by atoms with Crippen molar-refractivity contribution in [2.24, 2.45) is 11.8 Å². The van der Waals surface area contributed by atoms with Crippen LogP contribution >= 0.6 is 0 Å². The predicted octanol–water partition coefficient (Wildman–Crippen LogP) is 3.93. The van der Waals surface area contributed by atoms with Crippen LogP contribution in [0.5, 0.6) is 0 Å². The van der Waals surface area contributed by atoms with Crippen LogP contribution in [0.15, 0.2) is 12.3 Å². The van der Waals surface area contributed by atoms with E-state index in [2.05, 4.69) is 17.2 Å².